The molecule has 1 aliphatic heterocycles. The Balaban J connectivity index is 1.67. The number of nitrogens with one attached hydrogen (secondary N) is 1. The second-order valence-corrected chi connectivity index (χ2v) is 5.89. The van der Waals surface area contributed by atoms with Crippen molar-refractivity contribution in [1.29, 1.82) is 0 Å². The zero-order valence-corrected chi connectivity index (χ0v) is 14.5. The number of nitrogen functional groups attached to an aromatic ring is 1. The maximum absolute atomic E-state index is 5.70. The van der Waals surface area contributed by atoms with Gasteiger partial charge >= 0.3 is 0 Å². The molecule has 26 heavy (non-hydrogen) atoms. The number of nitrogens with zero attached hydrogens (tertiary/aromatic N) is 6. The van der Waals surface area contributed by atoms with Gasteiger partial charge in [0.15, 0.2) is 11.2 Å². The molecule has 4 rings (SSSR count). The quantitative estimate of drug-likeness (QED) is 0.705. The van der Waals surface area contributed by atoms with Crippen LogP contribution >= 0.6 is 0 Å². The Morgan fingerprint density at radius 2 is 1.96 bits per heavy atom. The molecule has 0 atom stereocenters. The number of rotatable bonds is 4. The van der Waals surface area contributed by atoms with Gasteiger partial charge in [-0.2, -0.15) is 9.97 Å². The van der Waals surface area contributed by atoms with E-state index in [4.69, 9.17) is 10.5 Å². The van der Waals surface area contributed by atoms with Crippen molar-refractivity contribution in [3.63, 3.8) is 0 Å². The summed E-state index contributed by atoms with van der Waals surface area (Å²) in [4.78, 5) is 24.0. The summed E-state index contributed by atoms with van der Waals surface area (Å²) in [5, 5.41) is 3.34. The molecule has 0 saturated carbocycles. The number of hydrogen-bond acceptors (Lipinski definition) is 9. The highest BCUT2D eigenvalue weighted by Gasteiger charge is 2.14. The Labute approximate surface area is 150 Å². The van der Waals surface area contributed by atoms with Crippen LogP contribution in [0.1, 0.15) is 6.92 Å². The van der Waals surface area contributed by atoms with Crippen LogP contribution in [0.3, 0.4) is 0 Å². The van der Waals surface area contributed by atoms with E-state index in [0.29, 0.717) is 29.3 Å². The van der Waals surface area contributed by atoms with Crippen LogP contribution in [0.4, 0.5) is 11.8 Å². The molecule has 0 bridgehead atoms. The molecule has 0 amide bonds. The van der Waals surface area contributed by atoms with Gasteiger partial charge in [0.25, 0.3) is 0 Å². The zero-order valence-electron chi connectivity index (χ0n) is 14.5. The summed E-state index contributed by atoms with van der Waals surface area (Å²) in [6.07, 6.45) is 3.47. The SMILES string of the molecule is CCOc1nc(N)nc2ncc(-c3ccc(N4CCNCC4)nc3)nc12. The second-order valence-electron chi connectivity index (χ2n) is 5.89. The van der Waals surface area contributed by atoms with Gasteiger partial charge in [0.1, 0.15) is 5.82 Å². The fourth-order valence-electron chi connectivity index (χ4n) is 2.89. The topological polar surface area (TPSA) is 115 Å². The summed E-state index contributed by atoms with van der Waals surface area (Å²) in [6.45, 7) is 6.20. The third-order valence-electron chi connectivity index (χ3n) is 4.16. The monoisotopic (exact) mass is 352 g/mol. The van der Waals surface area contributed by atoms with E-state index >= 15 is 0 Å². The maximum atomic E-state index is 5.70. The van der Waals surface area contributed by atoms with Crippen molar-refractivity contribution in [2.45, 2.75) is 6.92 Å². The molecule has 0 radical (unpaired) electrons. The number of hydrogen-bond donors (Lipinski definition) is 2. The second kappa shape index (κ2) is 7.04. The van der Waals surface area contributed by atoms with Gasteiger partial charge in [-0.25, -0.2) is 15.0 Å². The molecule has 4 heterocycles. The zero-order chi connectivity index (χ0) is 17.9. The predicted octanol–water partition coefficient (Wildman–Crippen LogP) is 0.872. The fourth-order valence-corrected chi connectivity index (χ4v) is 2.89. The summed E-state index contributed by atoms with van der Waals surface area (Å²) >= 11 is 0. The van der Waals surface area contributed by atoms with Crippen LogP contribution in [0.5, 0.6) is 5.88 Å². The first-order valence-electron chi connectivity index (χ1n) is 8.60. The molecule has 0 aromatic carbocycles. The summed E-state index contributed by atoms with van der Waals surface area (Å²) in [5.41, 5.74) is 8.16. The molecule has 134 valence electrons. The van der Waals surface area contributed by atoms with Crippen LogP contribution in [0.15, 0.2) is 24.5 Å². The van der Waals surface area contributed by atoms with E-state index in [1.165, 1.54) is 0 Å². The first kappa shape index (κ1) is 16.4. The van der Waals surface area contributed by atoms with Gasteiger partial charge in [0, 0.05) is 37.9 Å². The number of anilines is 2. The van der Waals surface area contributed by atoms with Crippen LogP contribution < -0.4 is 20.7 Å². The van der Waals surface area contributed by atoms with Gasteiger partial charge in [-0.1, -0.05) is 0 Å². The number of pyridine rings is 1. The summed E-state index contributed by atoms with van der Waals surface area (Å²) in [5.74, 6) is 1.43. The van der Waals surface area contributed by atoms with E-state index < -0.39 is 0 Å². The average molecular weight is 352 g/mol. The Kier molecular flexibility index (Phi) is 4.44. The standard InChI is InChI=1S/C17H20N8O/c1-2-26-16-14-15(23-17(18)24-16)21-10-12(22-14)11-3-4-13(20-9-11)25-7-5-19-6-8-25/h3-4,9-10,19H,2,5-8H2,1H3,(H2,18,21,23,24). The molecule has 0 aliphatic carbocycles. The number of nitrogens with two attached hydrogens (primary N) is 1. The third-order valence-corrected chi connectivity index (χ3v) is 4.16. The smallest absolute Gasteiger partial charge is 0.247 e. The summed E-state index contributed by atoms with van der Waals surface area (Å²) < 4.78 is 5.53. The lowest BCUT2D eigenvalue weighted by molar-refractivity contribution is 0.330. The predicted molar refractivity (Wildman–Crippen MR) is 99.0 cm³/mol. The minimum absolute atomic E-state index is 0.116. The van der Waals surface area contributed by atoms with Gasteiger partial charge in [0.2, 0.25) is 11.8 Å². The molecule has 1 aliphatic rings. The van der Waals surface area contributed by atoms with Crippen LogP contribution in [-0.2, 0) is 0 Å². The lowest BCUT2D eigenvalue weighted by Crippen LogP contribution is -2.43. The van der Waals surface area contributed by atoms with Crippen molar-refractivity contribution >= 4 is 22.9 Å². The molecular weight excluding hydrogens is 332 g/mol. The number of ether oxygens (including phenoxy) is 1. The molecule has 1 saturated heterocycles. The van der Waals surface area contributed by atoms with Crippen molar-refractivity contribution in [3.8, 4) is 17.1 Å². The Bertz CT molecular complexity index is 909. The number of fused-ring (bicyclic) bond motifs is 1. The molecule has 1 fully saturated rings. The lowest BCUT2D eigenvalue weighted by atomic mass is 10.2. The molecule has 3 aromatic rings. The van der Waals surface area contributed by atoms with Gasteiger partial charge < -0.3 is 20.7 Å². The first-order chi connectivity index (χ1) is 12.7. The summed E-state index contributed by atoms with van der Waals surface area (Å²) in [6, 6.07) is 4.01. The van der Waals surface area contributed by atoms with Gasteiger partial charge in [-0.3, -0.25) is 0 Å². The van der Waals surface area contributed by atoms with Crippen LogP contribution in [0.25, 0.3) is 22.4 Å². The molecule has 9 heteroatoms. The first-order valence-corrected chi connectivity index (χ1v) is 8.60. The van der Waals surface area contributed by atoms with E-state index in [1.54, 1.807) is 6.20 Å². The third kappa shape index (κ3) is 3.21. The van der Waals surface area contributed by atoms with Gasteiger partial charge in [-0.05, 0) is 19.1 Å². The molecule has 9 nitrogen and oxygen atoms in total. The highest BCUT2D eigenvalue weighted by Crippen LogP contribution is 2.25. The van der Waals surface area contributed by atoms with Crippen molar-refractivity contribution in [1.82, 2.24) is 30.2 Å². The average Bonchev–Trinajstić information content (AvgIpc) is 2.69. The van der Waals surface area contributed by atoms with Crippen molar-refractivity contribution in [2.24, 2.45) is 0 Å². The lowest BCUT2D eigenvalue weighted by Gasteiger charge is -2.28. The van der Waals surface area contributed by atoms with Crippen molar-refractivity contribution in [2.75, 3.05) is 43.4 Å². The highest BCUT2D eigenvalue weighted by molar-refractivity contribution is 5.79. The van der Waals surface area contributed by atoms with Gasteiger partial charge in [-0.15, -0.1) is 0 Å². The number of piperazine rings is 1. The molecule has 3 aromatic heterocycles. The largest absolute Gasteiger partial charge is 0.476 e. The van der Waals surface area contributed by atoms with E-state index in [0.717, 1.165) is 37.6 Å². The Morgan fingerprint density at radius 1 is 1.12 bits per heavy atom. The van der Waals surface area contributed by atoms with Crippen molar-refractivity contribution < 1.29 is 4.74 Å². The maximum Gasteiger partial charge on any atom is 0.247 e. The molecule has 0 unspecified atom stereocenters. The highest BCUT2D eigenvalue weighted by atomic mass is 16.5. The summed E-state index contributed by atoms with van der Waals surface area (Å²) in [7, 11) is 0. The molecule has 3 N–H and O–H groups in total. The van der Waals surface area contributed by atoms with Crippen LogP contribution in [-0.4, -0.2) is 57.7 Å². The van der Waals surface area contributed by atoms with Crippen molar-refractivity contribution in [3.05, 3.63) is 24.5 Å². The normalized spacial score (nSPS) is 14.6. The fraction of sp³-hybridized carbons (Fsp3) is 0.353. The van der Waals surface area contributed by atoms with Crippen LogP contribution in [0.2, 0.25) is 0 Å². The Morgan fingerprint density at radius 3 is 2.69 bits per heavy atom. The Hall–Kier alpha value is -3.07. The number of aromatic nitrogens is 5. The van der Waals surface area contributed by atoms with Gasteiger partial charge in [0.05, 0.1) is 18.5 Å². The van der Waals surface area contributed by atoms with E-state index in [1.807, 2.05) is 25.3 Å². The van der Waals surface area contributed by atoms with Crippen LogP contribution in [0, 0.1) is 0 Å². The molecule has 0 spiro atoms. The minimum Gasteiger partial charge on any atom is -0.476 e. The van der Waals surface area contributed by atoms with E-state index in [9.17, 15) is 0 Å². The minimum atomic E-state index is 0.116. The van der Waals surface area contributed by atoms with E-state index in [-0.39, 0.29) is 5.95 Å². The molecular formula is C17H20N8O. The van der Waals surface area contributed by atoms with E-state index in [2.05, 4.69) is 35.1 Å².